The summed E-state index contributed by atoms with van der Waals surface area (Å²) in [7, 11) is 0. The number of ether oxygens (including phenoxy) is 7. The fraction of sp³-hybridized carbons (Fsp3) is 0.486. The van der Waals surface area contributed by atoms with Crippen molar-refractivity contribution < 1.29 is 47.5 Å². The fourth-order valence-electron chi connectivity index (χ4n) is 4.32. The van der Waals surface area contributed by atoms with E-state index in [0.29, 0.717) is 5.56 Å². The molecule has 2 fully saturated rings. The van der Waals surface area contributed by atoms with E-state index in [1.165, 1.54) is 6.92 Å². The van der Waals surface area contributed by atoms with Crippen molar-refractivity contribution in [1.29, 1.82) is 0 Å². The summed E-state index contributed by atoms with van der Waals surface area (Å²) in [6, 6.07) is 13.9. The van der Waals surface area contributed by atoms with Crippen LogP contribution in [-0.2, 0) is 42.8 Å². The van der Waals surface area contributed by atoms with Gasteiger partial charge in [-0.3, -0.25) is 14.4 Å². The first-order chi connectivity index (χ1) is 22.0. The lowest BCUT2D eigenvalue weighted by atomic mass is 9.89. The van der Waals surface area contributed by atoms with E-state index in [9.17, 15) is 14.4 Å². The first-order valence-corrected chi connectivity index (χ1v) is 15.3. The Morgan fingerprint density at radius 1 is 0.681 bits per heavy atom. The van der Waals surface area contributed by atoms with Gasteiger partial charge in [-0.25, -0.2) is 0 Å². The van der Waals surface area contributed by atoms with Gasteiger partial charge < -0.3 is 33.2 Å². The maximum Gasteiger partial charge on any atom is 0.324 e. The quantitative estimate of drug-likeness (QED) is 0.228. The zero-order chi connectivity index (χ0) is 34.5. The third kappa shape index (κ3) is 9.21. The largest absolute Gasteiger partial charge is 0.464 e. The normalized spacial score (nSPS) is 19.2. The van der Waals surface area contributed by atoms with Gasteiger partial charge in [0.05, 0.1) is 26.4 Å². The Kier molecular flexibility index (Phi) is 10.5. The molecule has 10 nitrogen and oxygen atoms in total. The molecule has 0 unspecified atom stereocenters. The molecule has 0 atom stereocenters. The topological polar surface area (TPSA) is 116 Å². The summed E-state index contributed by atoms with van der Waals surface area (Å²) >= 11 is 0. The highest BCUT2D eigenvalue weighted by atomic mass is 16.7. The third-order valence-electron chi connectivity index (χ3n) is 7.94. The molecule has 0 amide bonds. The minimum absolute atomic E-state index is 0.0646. The van der Waals surface area contributed by atoms with Crippen molar-refractivity contribution in [1.82, 2.24) is 0 Å². The van der Waals surface area contributed by atoms with E-state index in [0.717, 1.165) is 11.1 Å². The van der Waals surface area contributed by atoms with Gasteiger partial charge >= 0.3 is 17.9 Å². The highest BCUT2D eigenvalue weighted by Crippen LogP contribution is 2.34. The van der Waals surface area contributed by atoms with Crippen LogP contribution in [0.4, 0.5) is 0 Å². The van der Waals surface area contributed by atoms with Crippen molar-refractivity contribution in [2.45, 2.75) is 60.0 Å². The maximum atomic E-state index is 13.6. The van der Waals surface area contributed by atoms with E-state index >= 15 is 0 Å². The van der Waals surface area contributed by atoms with Crippen molar-refractivity contribution in [3.8, 4) is 29.9 Å². The summed E-state index contributed by atoms with van der Waals surface area (Å²) in [5.41, 5.74) is -1.52. The lowest BCUT2D eigenvalue weighted by molar-refractivity contribution is -0.282. The van der Waals surface area contributed by atoms with Crippen LogP contribution in [0.2, 0.25) is 0 Å². The van der Waals surface area contributed by atoms with Crippen molar-refractivity contribution in [2.24, 2.45) is 16.2 Å². The van der Waals surface area contributed by atoms with Crippen molar-refractivity contribution in [3.05, 3.63) is 65.2 Å². The van der Waals surface area contributed by atoms with Crippen LogP contribution in [0.1, 0.15) is 65.2 Å². The number of benzene rings is 2. The van der Waals surface area contributed by atoms with E-state index in [-0.39, 0.29) is 32.2 Å². The summed E-state index contributed by atoms with van der Waals surface area (Å²) < 4.78 is 39.7. The lowest BCUT2D eigenvalue weighted by Gasteiger charge is -2.40. The predicted molar refractivity (Wildman–Crippen MR) is 171 cm³/mol. The first-order valence-electron chi connectivity index (χ1n) is 15.3. The third-order valence-corrected chi connectivity index (χ3v) is 7.94. The average Bonchev–Trinajstić information content (AvgIpc) is 3.05. The van der Waals surface area contributed by atoms with Crippen molar-refractivity contribution in [2.75, 3.05) is 39.6 Å². The van der Waals surface area contributed by atoms with E-state index < -0.39 is 58.9 Å². The molecule has 2 saturated heterocycles. The molecule has 0 radical (unpaired) electrons. The molecule has 0 aliphatic carbocycles. The van der Waals surface area contributed by atoms with Gasteiger partial charge in [0.25, 0.3) is 0 Å². The molecule has 2 heterocycles. The van der Waals surface area contributed by atoms with Crippen LogP contribution in [0.5, 0.6) is 5.75 Å². The summed E-state index contributed by atoms with van der Waals surface area (Å²) in [6.45, 7) is 11.2. The van der Waals surface area contributed by atoms with E-state index in [2.05, 4.69) is 17.8 Å². The highest BCUT2D eigenvalue weighted by molar-refractivity contribution is 5.82. The molecule has 4 rings (SSSR count). The van der Waals surface area contributed by atoms with Gasteiger partial charge in [0, 0.05) is 16.7 Å². The summed E-state index contributed by atoms with van der Waals surface area (Å²) in [4.78, 5) is 40.0. The molecular formula is C37H42O10. The average molecular weight is 647 g/mol. The van der Waals surface area contributed by atoms with Gasteiger partial charge in [-0.15, -0.1) is 6.42 Å². The predicted octanol–water partition coefficient (Wildman–Crippen LogP) is 4.64. The first kappa shape index (κ1) is 35.7. The number of terminal acetylenes is 1. The number of esters is 3. The van der Waals surface area contributed by atoms with Gasteiger partial charge in [-0.05, 0) is 97.0 Å². The Hall–Kier alpha value is -4.19. The van der Waals surface area contributed by atoms with E-state index in [4.69, 9.17) is 39.6 Å². The highest BCUT2D eigenvalue weighted by Gasteiger charge is 2.48. The Bertz CT molecular complexity index is 1500. The smallest absolute Gasteiger partial charge is 0.324 e. The molecular weight excluding hydrogens is 604 g/mol. The number of carbonyl (C=O) groups is 3. The molecule has 0 spiro atoms. The molecule has 0 N–H and O–H groups in total. The summed E-state index contributed by atoms with van der Waals surface area (Å²) in [5.74, 6) is 5.23. The monoisotopic (exact) mass is 646 g/mol. The Morgan fingerprint density at radius 2 is 1.04 bits per heavy atom. The van der Waals surface area contributed by atoms with Gasteiger partial charge in [0.15, 0.2) is 11.6 Å². The number of hydrogen-bond donors (Lipinski definition) is 0. The molecule has 10 heteroatoms. The molecule has 2 aromatic carbocycles. The minimum atomic E-state index is -1.58. The van der Waals surface area contributed by atoms with Gasteiger partial charge in [-0.1, -0.05) is 17.8 Å². The standard InChI is InChI=1S/C37H42O10/c1-9-26-10-12-27(13-11-26)14-15-28-16-18-29(19-17-28)47-32(40)35(6,20-41-30(38)36(7)22-43-33(2,3)44-23-36)21-42-31(39)37(8)24-45-34(4,5)46-25-37/h1,10-13,16-19H,20-25H2,2-8H3. The fourth-order valence-corrected chi connectivity index (χ4v) is 4.32. The summed E-state index contributed by atoms with van der Waals surface area (Å²) in [6.07, 6.45) is 5.40. The zero-order valence-electron chi connectivity index (χ0n) is 28.0. The molecule has 2 aromatic rings. The van der Waals surface area contributed by atoms with Gasteiger partial charge in [0.2, 0.25) is 0 Å². The van der Waals surface area contributed by atoms with Crippen LogP contribution in [0.15, 0.2) is 48.5 Å². The maximum absolute atomic E-state index is 13.6. The van der Waals surface area contributed by atoms with E-state index in [1.807, 2.05) is 24.3 Å². The van der Waals surface area contributed by atoms with Crippen LogP contribution in [0.25, 0.3) is 0 Å². The van der Waals surface area contributed by atoms with Crippen LogP contribution in [0.3, 0.4) is 0 Å². The van der Waals surface area contributed by atoms with E-state index in [1.54, 1.807) is 65.8 Å². The van der Waals surface area contributed by atoms with Crippen molar-refractivity contribution >= 4 is 17.9 Å². The van der Waals surface area contributed by atoms with Crippen molar-refractivity contribution in [3.63, 3.8) is 0 Å². The van der Waals surface area contributed by atoms with Crippen LogP contribution < -0.4 is 4.74 Å². The zero-order valence-corrected chi connectivity index (χ0v) is 28.0. The minimum Gasteiger partial charge on any atom is -0.464 e. The molecule has 2 aliphatic heterocycles. The Labute approximate surface area is 276 Å². The Morgan fingerprint density at radius 3 is 1.43 bits per heavy atom. The Balaban J connectivity index is 1.46. The number of carbonyl (C=O) groups excluding carboxylic acids is 3. The van der Waals surface area contributed by atoms with Crippen LogP contribution in [0, 0.1) is 40.4 Å². The van der Waals surface area contributed by atoms with Crippen LogP contribution >= 0.6 is 0 Å². The van der Waals surface area contributed by atoms with Gasteiger partial charge in [-0.2, -0.15) is 0 Å². The SMILES string of the molecule is C#Cc1ccc(C#Cc2ccc(OC(=O)C(C)(COC(=O)C3(C)COC(C)(C)OC3)COC(=O)C3(C)COC(C)(C)OC3)cc2)cc1. The second kappa shape index (κ2) is 13.9. The molecule has 250 valence electrons. The van der Waals surface area contributed by atoms with Gasteiger partial charge in [0.1, 0.15) is 35.2 Å². The molecule has 0 bridgehead atoms. The number of rotatable bonds is 8. The molecule has 47 heavy (non-hydrogen) atoms. The number of hydrogen-bond acceptors (Lipinski definition) is 10. The molecule has 0 saturated carbocycles. The van der Waals surface area contributed by atoms with Crippen LogP contribution in [-0.4, -0.2) is 69.1 Å². The molecule has 2 aliphatic rings. The lowest BCUT2D eigenvalue weighted by Crippen LogP contribution is -2.52. The summed E-state index contributed by atoms with van der Waals surface area (Å²) in [5, 5.41) is 0. The second-order valence-electron chi connectivity index (χ2n) is 13.7. The second-order valence-corrected chi connectivity index (χ2v) is 13.7. The molecule has 0 aromatic heterocycles.